The second kappa shape index (κ2) is 4.72. The van der Waals surface area contributed by atoms with E-state index < -0.39 is 0 Å². The van der Waals surface area contributed by atoms with Gasteiger partial charge in [-0.2, -0.15) is 0 Å². The van der Waals surface area contributed by atoms with E-state index in [1.54, 1.807) is 6.33 Å². The van der Waals surface area contributed by atoms with Crippen molar-refractivity contribution in [2.45, 2.75) is 32.4 Å². The zero-order chi connectivity index (χ0) is 10.7. The Labute approximate surface area is 89.8 Å². The lowest BCUT2D eigenvalue weighted by Crippen LogP contribution is -2.40. The molecule has 2 heterocycles. The molecule has 84 valence electrons. The van der Waals surface area contributed by atoms with Crippen LogP contribution in [-0.2, 0) is 11.2 Å². The van der Waals surface area contributed by atoms with Crippen LogP contribution in [0.3, 0.4) is 0 Å². The van der Waals surface area contributed by atoms with Gasteiger partial charge >= 0.3 is 0 Å². The van der Waals surface area contributed by atoms with Crippen LogP contribution in [0.4, 0.5) is 0 Å². The molecule has 1 atom stereocenters. The quantitative estimate of drug-likeness (QED) is 0.784. The molecule has 1 N–H and O–H groups in total. The number of nitrogens with one attached hydrogen (secondary N) is 1. The highest BCUT2D eigenvalue weighted by molar-refractivity contribution is 4.91. The van der Waals surface area contributed by atoms with Crippen LogP contribution in [0.25, 0.3) is 0 Å². The molecule has 1 fully saturated rings. The summed E-state index contributed by atoms with van der Waals surface area (Å²) in [5.41, 5.74) is 0. The number of nitrogens with zero attached hydrogens (tertiary/aromatic N) is 3. The Morgan fingerprint density at radius 1 is 1.67 bits per heavy atom. The number of hydrogen-bond acceptors (Lipinski definition) is 4. The van der Waals surface area contributed by atoms with Crippen LogP contribution in [0.2, 0.25) is 0 Å². The minimum absolute atomic E-state index is 0.237. The van der Waals surface area contributed by atoms with Gasteiger partial charge in [0.25, 0.3) is 0 Å². The molecule has 1 unspecified atom stereocenters. The summed E-state index contributed by atoms with van der Waals surface area (Å²) in [4.78, 5) is 0. The van der Waals surface area contributed by atoms with Gasteiger partial charge < -0.3 is 14.6 Å². The Kier molecular flexibility index (Phi) is 3.33. The third-order valence-corrected chi connectivity index (χ3v) is 2.62. The average Bonchev–Trinajstić information content (AvgIpc) is 2.67. The maximum absolute atomic E-state index is 5.64. The molecule has 1 aromatic rings. The second-order valence-corrected chi connectivity index (χ2v) is 4.15. The number of aromatic nitrogens is 3. The van der Waals surface area contributed by atoms with Crippen LogP contribution in [0.15, 0.2) is 6.33 Å². The maximum atomic E-state index is 5.64. The first kappa shape index (κ1) is 10.6. The molecule has 0 saturated carbocycles. The molecule has 0 spiro atoms. The SMILES string of the molecule is CC(C)n1cnnc1CC1CNCCO1. The molecule has 1 aliphatic heterocycles. The normalized spacial score (nSPS) is 22.2. The third kappa shape index (κ3) is 2.54. The molecule has 1 aromatic heterocycles. The monoisotopic (exact) mass is 210 g/mol. The van der Waals surface area contributed by atoms with Gasteiger partial charge in [0.1, 0.15) is 12.2 Å². The predicted octanol–water partition coefficient (Wildman–Crippen LogP) is 0.390. The van der Waals surface area contributed by atoms with Gasteiger partial charge in [-0.3, -0.25) is 0 Å². The summed E-state index contributed by atoms with van der Waals surface area (Å²) in [6.07, 6.45) is 2.86. The summed E-state index contributed by atoms with van der Waals surface area (Å²) in [5, 5.41) is 11.4. The van der Waals surface area contributed by atoms with E-state index in [1.807, 2.05) is 0 Å². The Morgan fingerprint density at radius 2 is 2.53 bits per heavy atom. The zero-order valence-electron chi connectivity index (χ0n) is 9.31. The van der Waals surface area contributed by atoms with Gasteiger partial charge in [-0.05, 0) is 13.8 Å². The van der Waals surface area contributed by atoms with E-state index >= 15 is 0 Å². The fourth-order valence-electron chi connectivity index (χ4n) is 1.80. The Balaban J connectivity index is 1.99. The highest BCUT2D eigenvalue weighted by Crippen LogP contribution is 2.10. The minimum Gasteiger partial charge on any atom is -0.375 e. The Morgan fingerprint density at radius 3 is 3.20 bits per heavy atom. The number of ether oxygens (including phenoxy) is 1. The van der Waals surface area contributed by atoms with Crippen molar-refractivity contribution in [2.24, 2.45) is 0 Å². The molecule has 0 radical (unpaired) electrons. The molecule has 0 amide bonds. The molecule has 5 heteroatoms. The average molecular weight is 210 g/mol. The first-order valence-corrected chi connectivity index (χ1v) is 5.48. The largest absolute Gasteiger partial charge is 0.375 e. The molecular formula is C10H18N4O. The van der Waals surface area contributed by atoms with E-state index in [2.05, 4.69) is 33.9 Å². The van der Waals surface area contributed by atoms with Gasteiger partial charge in [0.05, 0.1) is 12.7 Å². The van der Waals surface area contributed by atoms with Crippen LogP contribution < -0.4 is 5.32 Å². The molecule has 0 aromatic carbocycles. The van der Waals surface area contributed by atoms with Crippen LogP contribution >= 0.6 is 0 Å². The van der Waals surface area contributed by atoms with Crippen LogP contribution in [0, 0.1) is 0 Å². The molecule has 1 saturated heterocycles. The topological polar surface area (TPSA) is 52.0 Å². The molecule has 1 aliphatic rings. The van der Waals surface area contributed by atoms with E-state index in [0.717, 1.165) is 31.9 Å². The zero-order valence-corrected chi connectivity index (χ0v) is 9.31. The smallest absolute Gasteiger partial charge is 0.135 e. The van der Waals surface area contributed by atoms with Crippen molar-refractivity contribution in [2.75, 3.05) is 19.7 Å². The lowest BCUT2D eigenvalue weighted by Gasteiger charge is -2.23. The molecule has 15 heavy (non-hydrogen) atoms. The number of hydrogen-bond donors (Lipinski definition) is 1. The first-order valence-electron chi connectivity index (χ1n) is 5.48. The molecule has 5 nitrogen and oxygen atoms in total. The molecular weight excluding hydrogens is 192 g/mol. The Hall–Kier alpha value is -0.940. The van der Waals surface area contributed by atoms with Crippen LogP contribution in [0.1, 0.15) is 25.7 Å². The molecule has 0 bridgehead atoms. The van der Waals surface area contributed by atoms with E-state index in [-0.39, 0.29) is 6.10 Å². The van der Waals surface area contributed by atoms with Crippen molar-refractivity contribution in [1.29, 1.82) is 0 Å². The van der Waals surface area contributed by atoms with Crippen molar-refractivity contribution in [3.8, 4) is 0 Å². The van der Waals surface area contributed by atoms with Crippen molar-refractivity contribution < 1.29 is 4.74 Å². The fraction of sp³-hybridized carbons (Fsp3) is 0.800. The minimum atomic E-state index is 0.237. The summed E-state index contributed by atoms with van der Waals surface area (Å²) in [7, 11) is 0. The summed E-state index contributed by atoms with van der Waals surface area (Å²) < 4.78 is 7.74. The second-order valence-electron chi connectivity index (χ2n) is 4.15. The van der Waals surface area contributed by atoms with E-state index in [4.69, 9.17) is 4.74 Å². The number of morpholine rings is 1. The van der Waals surface area contributed by atoms with E-state index in [9.17, 15) is 0 Å². The van der Waals surface area contributed by atoms with E-state index in [1.165, 1.54) is 0 Å². The summed E-state index contributed by atoms with van der Waals surface area (Å²) in [5.74, 6) is 1.01. The number of rotatable bonds is 3. The molecule has 0 aliphatic carbocycles. The lowest BCUT2D eigenvalue weighted by atomic mass is 10.2. The summed E-state index contributed by atoms with van der Waals surface area (Å²) in [6, 6.07) is 0.409. The lowest BCUT2D eigenvalue weighted by molar-refractivity contribution is 0.0274. The van der Waals surface area contributed by atoms with Gasteiger partial charge in [-0.15, -0.1) is 10.2 Å². The Bertz CT molecular complexity index is 304. The van der Waals surface area contributed by atoms with Gasteiger partial charge in [-0.1, -0.05) is 0 Å². The standard InChI is InChI=1S/C10H18N4O/c1-8(2)14-7-12-13-10(14)5-9-6-11-3-4-15-9/h7-9,11H,3-6H2,1-2H3. The molecule has 2 rings (SSSR count). The third-order valence-electron chi connectivity index (χ3n) is 2.62. The van der Waals surface area contributed by atoms with Crippen molar-refractivity contribution in [3.63, 3.8) is 0 Å². The predicted molar refractivity (Wildman–Crippen MR) is 56.7 cm³/mol. The van der Waals surface area contributed by atoms with Crippen LogP contribution in [-0.4, -0.2) is 40.6 Å². The van der Waals surface area contributed by atoms with Crippen molar-refractivity contribution in [3.05, 3.63) is 12.2 Å². The first-order chi connectivity index (χ1) is 7.27. The summed E-state index contributed by atoms with van der Waals surface area (Å²) in [6.45, 7) is 6.92. The van der Waals surface area contributed by atoms with Gasteiger partial charge in [0.2, 0.25) is 0 Å². The highest BCUT2D eigenvalue weighted by atomic mass is 16.5. The van der Waals surface area contributed by atoms with Crippen LogP contribution in [0.5, 0.6) is 0 Å². The highest BCUT2D eigenvalue weighted by Gasteiger charge is 2.17. The van der Waals surface area contributed by atoms with Gasteiger partial charge in [0.15, 0.2) is 0 Å². The summed E-state index contributed by atoms with van der Waals surface area (Å²) >= 11 is 0. The van der Waals surface area contributed by atoms with Crippen molar-refractivity contribution >= 4 is 0 Å². The maximum Gasteiger partial charge on any atom is 0.135 e. The fourth-order valence-corrected chi connectivity index (χ4v) is 1.80. The van der Waals surface area contributed by atoms with Crippen molar-refractivity contribution in [1.82, 2.24) is 20.1 Å². The van der Waals surface area contributed by atoms with E-state index in [0.29, 0.717) is 6.04 Å². The van der Waals surface area contributed by atoms with Gasteiger partial charge in [0, 0.05) is 25.6 Å². The van der Waals surface area contributed by atoms with Gasteiger partial charge in [-0.25, -0.2) is 0 Å².